The predicted octanol–water partition coefficient (Wildman–Crippen LogP) is 3.92. The number of nitrogens with zero attached hydrogens (tertiary/aromatic N) is 1. The lowest BCUT2D eigenvalue weighted by molar-refractivity contribution is 0.0526. The Morgan fingerprint density at radius 3 is 2.40 bits per heavy atom. The summed E-state index contributed by atoms with van der Waals surface area (Å²) in [5, 5.41) is 3.95. The molecular weight excluding hydrogens is 316 g/mol. The SMILES string of the molecule is CCOC(=O)c1ccc(NC(=O)c2c(C)c3ccccc3n2C)cc1. The van der Waals surface area contributed by atoms with Crippen LogP contribution < -0.4 is 5.32 Å². The molecule has 2 aromatic carbocycles. The lowest BCUT2D eigenvalue weighted by Gasteiger charge is -2.08. The minimum atomic E-state index is -0.370. The number of hydrogen-bond acceptors (Lipinski definition) is 3. The molecule has 0 saturated heterocycles. The molecule has 0 fully saturated rings. The highest BCUT2D eigenvalue weighted by Gasteiger charge is 2.18. The standard InChI is InChI=1S/C20H20N2O3/c1-4-25-20(24)14-9-11-15(12-10-14)21-19(23)18-13(2)16-7-5-6-8-17(16)22(18)3/h5-12H,4H2,1-3H3,(H,21,23). The van der Waals surface area contributed by atoms with Crippen LogP contribution in [-0.2, 0) is 11.8 Å². The number of aromatic nitrogens is 1. The van der Waals surface area contributed by atoms with Gasteiger partial charge in [0.2, 0.25) is 0 Å². The Labute approximate surface area is 146 Å². The number of carbonyl (C=O) groups excluding carboxylic acids is 2. The topological polar surface area (TPSA) is 60.3 Å². The number of esters is 1. The second kappa shape index (κ2) is 6.81. The van der Waals surface area contributed by atoms with Crippen LogP contribution in [0.15, 0.2) is 48.5 Å². The Hall–Kier alpha value is -3.08. The first-order valence-electron chi connectivity index (χ1n) is 8.15. The molecule has 0 saturated carbocycles. The third kappa shape index (κ3) is 3.13. The first kappa shape index (κ1) is 16.8. The maximum absolute atomic E-state index is 12.7. The van der Waals surface area contributed by atoms with Gasteiger partial charge >= 0.3 is 5.97 Å². The smallest absolute Gasteiger partial charge is 0.338 e. The molecule has 0 atom stereocenters. The largest absolute Gasteiger partial charge is 0.462 e. The molecule has 0 spiro atoms. The molecule has 1 aromatic heterocycles. The molecule has 1 N–H and O–H groups in total. The van der Waals surface area contributed by atoms with Gasteiger partial charge in [0, 0.05) is 23.6 Å². The van der Waals surface area contributed by atoms with Crippen molar-refractivity contribution in [2.45, 2.75) is 13.8 Å². The van der Waals surface area contributed by atoms with Crippen LogP contribution in [0.1, 0.15) is 33.3 Å². The maximum Gasteiger partial charge on any atom is 0.338 e. The second-order valence-electron chi connectivity index (χ2n) is 5.80. The van der Waals surface area contributed by atoms with Crippen LogP contribution >= 0.6 is 0 Å². The number of ether oxygens (including phenoxy) is 1. The molecule has 128 valence electrons. The van der Waals surface area contributed by atoms with Crippen molar-refractivity contribution in [3.8, 4) is 0 Å². The third-order valence-corrected chi connectivity index (χ3v) is 4.23. The molecule has 0 unspecified atom stereocenters. The van der Waals surface area contributed by atoms with Crippen molar-refractivity contribution in [1.82, 2.24) is 4.57 Å². The van der Waals surface area contributed by atoms with Crippen LogP contribution in [0, 0.1) is 6.92 Å². The fraction of sp³-hybridized carbons (Fsp3) is 0.200. The van der Waals surface area contributed by atoms with E-state index in [1.807, 2.05) is 42.8 Å². The van der Waals surface area contributed by atoms with Crippen LogP contribution in [0.25, 0.3) is 10.9 Å². The van der Waals surface area contributed by atoms with Crippen LogP contribution in [-0.4, -0.2) is 23.1 Å². The van der Waals surface area contributed by atoms with Gasteiger partial charge in [0.15, 0.2) is 0 Å². The van der Waals surface area contributed by atoms with Crippen molar-refractivity contribution in [1.29, 1.82) is 0 Å². The fourth-order valence-electron chi connectivity index (χ4n) is 3.00. The second-order valence-corrected chi connectivity index (χ2v) is 5.80. The van der Waals surface area contributed by atoms with Gasteiger partial charge in [-0.2, -0.15) is 0 Å². The number of benzene rings is 2. The Morgan fingerprint density at radius 2 is 1.76 bits per heavy atom. The summed E-state index contributed by atoms with van der Waals surface area (Å²) >= 11 is 0. The molecule has 0 radical (unpaired) electrons. The van der Waals surface area contributed by atoms with Gasteiger partial charge in [-0.25, -0.2) is 4.79 Å². The van der Waals surface area contributed by atoms with Gasteiger partial charge < -0.3 is 14.6 Å². The summed E-state index contributed by atoms with van der Waals surface area (Å²) in [6.45, 7) is 4.04. The number of carbonyl (C=O) groups is 2. The lowest BCUT2D eigenvalue weighted by atomic mass is 10.1. The summed E-state index contributed by atoms with van der Waals surface area (Å²) in [7, 11) is 1.88. The molecule has 1 amide bonds. The quantitative estimate of drug-likeness (QED) is 0.735. The van der Waals surface area contributed by atoms with Crippen LogP contribution in [0.4, 0.5) is 5.69 Å². The lowest BCUT2D eigenvalue weighted by Crippen LogP contribution is -2.17. The van der Waals surface area contributed by atoms with E-state index in [-0.39, 0.29) is 11.9 Å². The van der Waals surface area contributed by atoms with E-state index < -0.39 is 0 Å². The van der Waals surface area contributed by atoms with Gasteiger partial charge in [-0.3, -0.25) is 4.79 Å². The third-order valence-electron chi connectivity index (χ3n) is 4.23. The summed E-state index contributed by atoms with van der Waals surface area (Å²) in [6, 6.07) is 14.6. The Morgan fingerprint density at radius 1 is 1.08 bits per heavy atom. The normalized spacial score (nSPS) is 10.7. The van der Waals surface area contributed by atoms with Crippen LogP contribution in [0.5, 0.6) is 0 Å². The molecule has 3 rings (SSSR count). The molecule has 25 heavy (non-hydrogen) atoms. The Balaban J connectivity index is 1.84. The molecule has 1 heterocycles. The number of amides is 1. The molecule has 5 nitrogen and oxygen atoms in total. The van der Waals surface area contributed by atoms with E-state index >= 15 is 0 Å². The molecule has 5 heteroatoms. The van der Waals surface area contributed by atoms with E-state index in [4.69, 9.17) is 4.74 Å². The minimum absolute atomic E-state index is 0.180. The van der Waals surface area contributed by atoms with Crippen LogP contribution in [0.3, 0.4) is 0 Å². The van der Waals surface area contributed by atoms with E-state index in [9.17, 15) is 9.59 Å². The molecule has 3 aromatic rings. The van der Waals surface area contributed by atoms with Gasteiger partial charge in [-0.05, 0) is 49.7 Å². The molecule has 0 aliphatic heterocycles. The summed E-state index contributed by atoms with van der Waals surface area (Å²) < 4.78 is 6.85. The number of hydrogen-bond donors (Lipinski definition) is 1. The van der Waals surface area contributed by atoms with Gasteiger partial charge in [0.25, 0.3) is 5.91 Å². The van der Waals surface area contributed by atoms with Crippen molar-refractivity contribution < 1.29 is 14.3 Å². The average Bonchev–Trinajstić information content (AvgIpc) is 2.87. The zero-order valence-corrected chi connectivity index (χ0v) is 14.5. The highest BCUT2D eigenvalue weighted by Crippen LogP contribution is 2.25. The van der Waals surface area contributed by atoms with Crippen molar-refractivity contribution in [3.05, 3.63) is 65.4 Å². The summed E-state index contributed by atoms with van der Waals surface area (Å²) in [5.74, 6) is -0.551. The van der Waals surface area contributed by atoms with Crippen LogP contribution in [0.2, 0.25) is 0 Å². The Kier molecular flexibility index (Phi) is 4.57. The number of nitrogens with one attached hydrogen (secondary N) is 1. The number of fused-ring (bicyclic) bond motifs is 1. The monoisotopic (exact) mass is 336 g/mol. The summed E-state index contributed by atoms with van der Waals surface area (Å²) in [5.41, 5.74) is 3.67. The first-order valence-corrected chi connectivity index (χ1v) is 8.15. The molecule has 0 aliphatic rings. The Bertz CT molecular complexity index is 900. The number of anilines is 1. The van der Waals surface area contributed by atoms with E-state index in [2.05, 4.69) is 5.32 Å². The minimum Gasteiger partial charge on any atom is -0.462 e. The van der Waals surface area contributed by atoms with Crippen molar-refractivity contribution in [3.63, 3.8) is 0 Å². The fourth-order valence-corrected chi connectivity index (χ4v) is 3.00. The average molecular weight is 336 g/mol. The van der Waals surface area contributed by atoms with E-state index in [1.54, 1.807) is 31.2 Å². The number of rotatable bonds is 4. The predicted molar refractivity (Wildman–Crippen MR) is 98.0 cm³/mol. The summed E-state index contributed by atoms with van der Waals surface area (Å²) in [6.07, 6.45) is 0. The zero-order chi connectivity index (χ0) is 18.0. The molecular formula is C20H20N2O3. The summed E-state index contributed by atoms with van der Waals surface area (Å²) in [4.78, 5) is 24.4. The van der Waals surface area contributed by atoms with E-state index in [0.29, 0.717) is 23.6 Å². The highest BCUT2D eigenvalue weighted by atomic mass is 16.5. The maximum atomic E-state index is 12.7. The molecule has 0 aliphatic carbocycles. The van der Waals surface area contributed by atoms with Crippen molar-refractivity contribution in [2.75, 3.05) is 11.9 Å². The van der Waals surface area contributed by atoms with Gasteiger partial charge in [0.05, 0.1) is 12.2 Å². The van der Waals surface area contributed by atoms with E-state index in [0.717, 1.165) is 16.5 Å². The van der Waals surface area contributed by atoms with Crippen molar-refractivity contribution >= 4 is 28.5 Å². The van der Waals surface area contributed by atoms with E-state index in [1.165, 1.54) is 0 Å². The van der Waals surface area contributed by atoms with Gasteiger partial charge in [0.1, 0.15) is 5.69 Å². The van der Waals surface area contributed by atoms with Gasteiger partial charge in [-0.1, -0.05) is 18.2 Å². The zero-order valence-electron chi connectivity index (χ0n) is 14.5. The first-order chi connectivity index (χ1) is 12.0. The number of aryl methyl sites for hydroxylation is 2. The van der Waals surface area contributed by atoms with Crippen molar-refractivity contribution in [2.24, 2.45) is 7.05 Å². The van der Waals surface area contributed by atoms with Gasteiger partial charge in [-0.15, -0.1) is 0 Å². The molecule has 0 bridgehead atoms. The highest BCUT2D eigenvalue weighted by molar-refractivity contribution is 6.08. The number of para-hydroxylation sites is 1.